The highest BCUT2D eigenvalue weighted by atomic mass is 35.5. The van der Waals surface area contributed by atoms with Crippen LogP contribution in [0.5, 0.6) is 5.75 Å². The highest BCUT2D eigenvalue weighted by Gasteiger charge is 2.17. The normalized spacial score (nSPS) is 10.3. The van der Waals surface area contributed by atoms with Crippen molar-refractivity contribution in [3.63, 3.8) is 0 Å². The number of aromatic nitrogens is 2. The Kier molecular flexibility index (Phi) is 3.66. The molecular formula is C13H11ClN2O3. The molecule has 0 bridgehead atoms. The number of nitrogens with zero attached hydrogens (tertiary/aromatic N) is 2. The number of hydrogen-bond acceptors (Lipinski definition) is 4. The third kappa shape index (κ3) is 2.51. The predicted octanol–water partition coefficient (Wildman–Crippen LogP) is 2.81. The lowest BCUT2D eigenvalue weighted by Gasteiger charge is -2.09. The minimum Gasteiger partial charge on any atom is -0.495 e. The lowest BCUT2D eigenvalue weighted by Crippen LogP contribution is -2.06. The number of carbonyl (C=O) groups is 1. The Morgan fingerprint density at radius 1 is 1.37 bits per heavy atom. The standard InChI is InChI=1S/C13H11ClN2O3/c1-7-11(13(17)18)12(16-6-15-7)8-3-4-10(19-2)9(14)5-8/h3-6H,1-2H3,(H,17,18). The van der Waals surface area contributed by atoms with Crippen LogP contribution in [0.3, 0.4) is 0 Å². The Morgan fingerprint density at radius 3 is 2.68 bits per heavy atom. The van der Waals surface area contributed by atoms with Crippen molar-refractivity contribution in [1.82, 2.24) is 9.97 Å². The van der Waals surface area contributed by atoms with E-state index < -0.39 is 5.97 Å². The van der Waals surface area contributed by atoms with Gasteiger partial charge < -0.3 is 9.84 Å². The second-order valence-electron chi connectivity index (χ2n) is 3.84. The van der Waals surface area contributed by atoms with E-state index in [0.717, 1.165) is 0 Å². The molecular weight excluding hydrogens is 268 g/mol. The zero-order chi connectivity index (χ0) is 14.0. The molecule has 0 spiro atoms. The Labute approximate surface area is 114 Å². The third-order valence-corrected chi connectivity index (χ3v) is 2.97. The Hall–Kier alpha value is -2.14. The molecule has 98 valence electrons. The van der Waals surface area contributed by atoms with Crippen molar-refractivity contribution in [2.75, 3.05) is 7.11 Å². The molecule has 1 N–H and O–H groups in total. The monoisotopic (exact) mass is 278 g/mol. The molecule has 1 aromatic heterocycles. The van der Waals surface area contributed by atoms with Gasteiger partial charge >= 0.3 is 5.97 Å². The zero-order valence-corrected chi connectivity index (χ0v) is 11.1. The average Bonchev–Trinajstić information content (AvgIpc) is 2.37. The fourth-order valence-corrected chi connectivity index (χ4v) is 2.02. The van der Waals surface area contributed by atoms with Gasteiger partial charge in [-0.15, -0.1) is 0 Å². The van der Waals surface area contributed by atoms with Gasteiger partial charge in [0.1, 0.15) is 17.6 Å². The Bertz CT molecular complexity index is 644. The number of methoxy groups -OCH3 is 1. The van der Waals surface area contributed by atoms with Crippen molar-refractivity contribution in [3.05, 3.63) is 40.8 Å². The average molecular weight is 279 g/mol. The van der Waals surface area contributed by atoms with E-state index in [9.17, 15) is 9.90 Å². The highest BCUT2D eigenvalue weighted by Crippen LogP contribution is 2.31. The lowest BCUT2D eigenvalue weighted by atomic mass is 10.0. The molecule has 0 fully saturated rings. The SMILES string of the molecule is COc1ccc(-c2ncnc(C)c2C(=O)O)cc1Cl. The molecule has 1 aromatic carbocycles. The molecule has 2 rings (SSSR count). The number of aromatic carboxylic acids is 1. The van der Waals surface area contributed by atoms with Gasteiger partial charge in [-0.3, -0.25) is 0 Å². The minimum atomic E-state index is -1.07. The van der Waals surface area contributed by atoms with E-state index in [1.54, 1.807) is 25.1 Å². The molecule has 0 saturated heterocycles. The van der Waals surface area contributed by atoms with E-state index in [-0.39, 0.29) is 5.56 Å². The van der Waals surface area contributed by atoms with Crippen LogP contribution in [0.25, 0.3) is 11.3 Å². The summed E-state index contributed by atoms with van der Waals surface area (Å²) in [5.74, 6) is -0.548. The molecule has 1 heterocycles. The summed E-state index contributed by atoms with van der Waals surface area (Å²) in [5, 5.41) is 9.64. The maximum atomic E-state index is 11.3. The quantitative estimate of drug-likeness (QED) is 0.934. The smallest absolute Gasteiger partial charge is 0.339 e. The first kappa shape index (κ1) is 13.3. The van der Waals surface area contributed by atoms with Gasteiger partial charge in [0, 0.05) is 5.56 Å². The lowest BCUT2D eigenvalue weighted by molar-refractivity contribution is 0.0696. The molecule has 0 amide bonds. The van der Waals surface area contributed by atoms with Crippen LogP contribution in [-0.2, 0) is 0 Å². The van der Waals surface area contributed by atoms with Crippen molar-refractivity contribution in [3.8, 4) is 17.0 Å². The van der Waals surface area contributed by atoms with E-state index >= 15 is 0 Å². The van der Waals surface area contributed by atoms with Crippen molar-refractivity contribution in [2.45, 2.75) is 6.92 Å². The van der Waals surface area contributed by atoms with Crippen molar-refractivity contribution in [1.29, 1.82) is 0 Å². The summed E-state index contributed by atoms with van der Waals surface area (Å²) in [6, 6.07) is 4.99. The topological polar surface area (TPSA) is 72.3 Å². The molecule has 5 nitrogen and oxygen atoms in total. The number of carboxylic acids is 1. The van der Waals surface area contributed by atoms with Gasteiger partial charge in [-0.05, 0) is 25.1 Å². The predicted molar refractivity (Wildman–Crippen MR) is 70.7 cm³/mol. The maximum absolute atomic E-state index is 11.3. The van der Waals surface area contributed by atoms with Crippen molar-refractivity contribution in [2.24, 2.45) is 0 Å². The number of hydrogen-bond donors (Lipinski definition) is 1. The number of aryl methyl sites for hydroxylation is 1. The highest BCUT2D eigenvalue weighted by molar-refractivity contribution is 6.32. The first-order valence-corrected chi connectivity index (χ1v) is 5.81. The van der Waals surface area contributed by atoms with Crippen LogP contribution in [0, 0.1) is 6.92 Å². The molecule has 0 unspecified atom stereocenters. The van der Waals surface area contributed by atoms with E-state index in [1.165, 1.54) is 13.4 Å². The van der Waals surface area contributed by atoms with Crippen molar-refractivity contribution >= 4 is 17.6 Å². The second kappa shape index (κ2) is 5.24. The summed E-state index contributed by atoms with van der Waals surface area (Å²) in [4.78, 5) is 19.2. The van der Waals surface area contributed by atoms with Gasteiger partial charge in [-0.25, -0.2) is 14.8 Å². The number of carboxylic acid groups (broad SMARTS) is 1. The van der Waals surface area contributed by atoms with Crippen LogP contribution >= 0.6 is 11.6 Å². The minimum absolute atomic E-state index is 0.0729. The van der Waals surface area contributed by atoms with E-state index in [4.69, 9.17) is 16.3 Å². The van der Waals surface area contributed by atoms with E-state index in [2.05, 4.69) is 9.97 Å². The molecule has 0 aliphatic rings. The first-order chi connectivity index (χ1) is 9.04. The van der Waals surface area contributed by atoms with Gasteiger partial charge in [-0.1, -0.05) is 11.6 Å². The summed E-state index contributed by atoms with van der Waals surface area (Å²) < 4.78 is 5.06. The molecule has 2 aromatic rings. The summed E-state index contributed by atoms with van der Waals surface area (Å²) in [6.07, 6.45) is 1.33. The summed E-state index contributed by atoms with van der Waals surface area (Å²) in [5.41, 5.74) is 1.42. The van der Waals surface area contributed by atoms with Crippen LogP contribution in [0.15, 0.2) is 24.5 Å². The molecule has 0 aliphatic heterocycles. The fourth-order valence-electron chi connectivity index (χ4n) is 1.76. The fraction of sp³-hybridized carbons (Fsp3) is 0.154. The summed E-state index contributed by atoms with van der Waals surface area (Å²) >= 11 is 6.04. The van der Waals surface area contributed by atoms with Gasteiger partial charge in [0.2, 0.25) is 0 Å². The number of ether oxygens (including phenoxy) is 1. The van der Waals surface area contributed by atoms with Crippen LogP contribution in [-0.4, -0.2) is 28.2 Å². The maximum Gasteiger partial charge on any atom is 0.339 e. The second-order valence-corrected chi connectivity index (χ2v) is 4.24. The van der Waals surface area contributed by atoms with E-state index in [0.29, 0.717) is 27.7 Å². The molecule has 0 atom stereocenters. The summed E-state index contributed by atoms with van der Waals surface area (Å²) in [7, 11) is 1.51. The van der Waals surface area contributed by atoms with Gasteiger partial charge in [0.25, 0.3) is 0 Å². The number of benzene rings is 1. The van der Waals surface area contributed by atoms with Crippen molar-refractivity contribution < 1.29 is 14.6 Å². The van der Waals surface area contributed by atoms with Gasteiger partial charge in [0.15, 0.2) is 0 Å². The molecule has 0 radical (unpaired) electrons. The van der Waals surface area contributed by atoms with Crippen LogP contribution in [0.1, 0.15) is 16.1 Å². The Balaban J connectivity index is 2.62. The Morgan fingerprint density at radius 2 is 2.11 bits per heavy atom. The van der Waals surface area contributed by atoms with Crippen LogP contribution in [0.4, 0.5) is 0 Å². The summed E-state index contributed by atoms with van der Waals surface area (Å²) in [6.45, 7) is 1.62. The molecule has 19 heavy (non-hydrogen) atoms. The number of halogens is 1. The molecule has 0 saturated carbocycles. The van der Waals surface area contributed by atoms with Gasteiger partial charge in [0.05, 0.1) is 23.5 Å². The zero-order valence-electron chi connectivity index (χ0n) is 10.3. The van der Waals surface area contributed by atoms with E-state index in [1.807, 2.05) is 0 Å². The third-order valence-electron chi connectivity index (χ3n) is 2.68. The largest absolute Gasteiger partial charge is 0.495 e. The van der Waals surface area contributed by atoms with Crippen LogP contribution < -0.4 is 4.74 Å². The number of rotatable bonds is 3. The molecule has 6 heteroatoms. The first-order valence-electron chi connectivity index (χ1n) is 5.43. The van der Waals surface area contributed by atoms with Crippen LogP contribution in [0.2, 0.25) is 5.02 Å². The molecule has 0 aliphatic carbocycles. The van der Waals surface area contributed by atoms with Gasteiger partial charge in [-0.2, -0.15) is 0 Å².